The lowest BCUT2D eigenvalue weighted by molar-refractivity contribution is -0.124. The second-order valence-corrected chi connectivity index (χ2v) is 4.65. The fraction of sp³-hybridized carbons (Fsp3) is 0.538. The number of aromatic nitrogens is 2. The van der Waals surface area contributed by atoms with Crippen molar-refractivity contribution in [3.05, 3.63) is 17.5 Å². The first-order valence-corrected chi connectivity index (χ1v) is 6.73. The van der Waals surface area contributed by atoms with Crippen LogP contribution in [0, 0.1) is 6.92 Å². The Kier molecular flexibility index (Phi) is 4.69. The first kappa shape index (κ1) is 15.2. The molecule has 1 amide bonds. The van der Waals surface area contributed by atoms with Crippen molar-refractivity contribution >= 4 is 17.8 Å². The summed E-state index contributed by atoms with van der Waals surface area (Å²) in [4.78, 5) is 33.1. The van der Waals surface area contributed by atoms with E-state index in [0.717, 1.165) is 0 Å². The minimum Gasteiger partial charge on any atom is -0.478 e. The maximum atomic E-state index is 12.1. The number of amides is 1. The third kappa shape index (κ3) is 3.27. The summed E-state index contributed by atoms with van der Waals surface area (Å²) < 4.78 is 5.34. The van der Waals surface area contributed by atoms with Crippen LogP contribution >= 0.6 is 0 Å². The Morgan fingerprint density at radius 1 is 1.57 bits per heavy atom. The van der Waals surface area contributed by atoms with Gasteiger partial charge in [0.05, 0.1) is 24.5 Å². The fourth-order valence-electron chi connectivity index (χ4n) is 2.16. The molecule has 0 aromatic carbocycles. The summed E-state index contributed by atoms with van der Waals surface area (Å²) in [6.07, 6.45) is 1.27. The molecule has 0 radical (unpaired) electrons. The minimum absolute atomic E-state index is 0.0570. The van der Waals surface area contributed by atoms with Crippen molar-refractivity contribution < 1.29 is 19.4 Å². The monoisotopic (exact) mass is 294 g/mol. The highest BCUT2D eigenvalue weighted by Crippen LogP contribution is 2.17. The van der Waals surface area contributed by atoms with E-state index in [0.29, 0.717) is 31.3 Å². The van der Waals surface area contributed by atoms with Crippen molar-refractivity contribution in [1.82, 2.24) is 15.3 Å². The minimum atomic E-state index is -1.07. The molecule has 1 saturated heterocycles. The Bertz CT molecular complexity index is 549. The second-order valence-electron chi connectivity index (χ2n) is 4.65. The molecule has 8 nitrogen and oxygen atoms in total. The fourth-order valence-corrected chi connectivity index (χ4v) is 2.16. The average Bonchev–Trinajstić information content (AvgIpc) is 2.47. The molecule has 0 spiro atoms. The Balaban J connectivity index is 2.27. The highest BCUT2D eigenvalue weighted by Gasteiger charge is 2.31. The predicted molar refractivity (Wildman–Crippen MR) is 74.4 cm³/mol. The van der Waals surface area contributed by atoms with Crippen LogP contribution in [0.1, 0.15) is 23.0 Å². The van der Waals surface area contributed by atoms with Crippen molar-refractivity contribution in [1.29, 1.82) is 0 Å². The number of carbonyl (C=O) groups excluding carboxylic acids is 1. The van der Waals surface area contributed by atoms with E-state index in [1.165, 1.54) is 6.20 Å². The van der Waals surface area contributed by atoms with Gasteiger partial charge in [-0.1, -0.05) is 0 Å². The van der Waals surface area contributed by atoms with Gasteiger partial charge >= 0.3 is 5.97 Å². The maximum absolute atomic E-state index is 12.1. The second kappa shape index (κ2) is 6.49. The molecule has 8 heteroatoms. The zero-order chi connectivity index (χ0) is 15.4. The van der Waals surface area contributed by atoms with E-state index in [-0.39, 0.29) is 18.1 Å². The van der Waals surface area contributed by atoms with E-state index in [1.54, 1.807) is 11.8 Å². The zero-order valence-electron chi connectivity index (χ0n) is 12.0. The molecule has 21 heavy (non-hydrogen) atoms. The highest BCUT2D eigenvalue weighted by atomic mass is 16.5. The highest BCUT2D eigenvalue weighted by molar-refractivity contribution is 5.88. The number of anilines is 1. The molecule has 1 aromatic rings. The van der Waals surface area contributed by atoms with E-state index in [4.69, 9.17) is 9.84 Å². The Labute approximate surface area is 122 Å². The van der Waals surface area contributed by atoms with Crippen LogP contribution < -0.4 is 10.2 Å². The molecule has 0 saturated carbocycles. The first-order valence-electron chi connectivity index (χ1n) is 6.73. The quantitative estimate of drug-likeness (QED) is 0.794. The Morgan fingerprint density at radius 3 is 2.95 bits per heavy atom. The van der Waals surface area contributed by atoms with Crippen LogP contribution in [0.3, 0.4) is 0 Å². The number of ether oxygens (including phenoxy) is 1. The topological polar surface area (TPSA) is 105 Å². The standard InChI is InChI=1S/C13H18N4O4/c1-3-14-11(18)10-7-21-5-4-17(10)13-15-6-9(12(19)20)8(2)16-13/h6,10H,3-5,7H2,1-2H3,(H,14,18)(H,19,20). The number of nitrogens with zero attached hydrogens (tertiary/aromatic N) is 3. The number of carbonyl (C=O) groups is 2. The van der Waals surface area contributed by atoms with Gasteiger partial charge in [-0.2, -0.15) is 0 Å². The number of likely N-dealkylation sites (N-methyl/N-ethyl adjacent to an activating group) is 1. The van der Waals surface area contributed by atoms with Crippen LogP contribution in [-0.4, -0.2) is 59.3 Å². The normalized spacial score (nSPS) is 18.4. The molecule has 1 atom stereocenters. The summed E-state index contributed by atoms with van der Waals surface area (Å²) in [7, 11) is 0. The lowest BCUT2D eigenvalue weighted by atomic mass is 10.2. The van der Waals surface area contributed by atoms with Gasteiger partial charge in [-0.15, -0.1) is 0 Å². The van der Waals surface area contributed by atoms with Gasteiger partial charge in [-0.25, -0.2) is 14.8 Å². The van der Waals surface area contributed by atoms with E-state index < -0.39 is 12.0 Å². The van der Waals surface area contributed by atoms with Gasteiger partial charge < -0.3 is 20.1 Å². The molecule has 0 aliphatic carbocycles. The van der Waals surface area contributed by atoms with Gasteiger partial charge in [0.1, 0.15) is 6.04 Å². The lowest BCUT2D eigenvalue weighted by Gasteiger charge is -2.34. The van der Waals surface area contributed by atoms with Crippen LogP contribution in [0.5, 0.6) is 0 Å². The number of hydrogen-bond donors (Lipinski definition) is 2. The van der Waals surface area contributed by atoms with Gasteiger partial charge in [-0.3, -0.25) is 4.79 Å². The summed E-state index contributed by atoms with van der Waals surface area (Å²) in [6.45, 7) is 5.19. The van der Waals surface area contributed by atoms with E-state index >= 15 is 0 Å². The number of hydrogen-bond acceptors (Lipinski definition) is 6. The number of nitrogens with one attached hydrogen (secondary N) is 1. The molecule has 1 aromatic heterocycles. The smallest absolute Gasteiger partial charge is 0.339 e. The Hall–Kier alpha value is -2.22. The molecule has 2 rings (SSSR count). The lowest BCUT2D eigenvalue weighted by Crippen LogP contribution is -2.54. The van der Waals surface area contributed by atoms with Crippen LogP contribution in [0.15, 0.2) is 6.20 Å². The van der Waals surface area contributed by atoms with Crippen LogP contribution in [0.2, 0.25) is 0 Å². The summed E-state index contributed by atoms with van der Waals surface area (Å²) in [5.41, 5.74) is 0.426. The zero-order valence-corrected chi connectivity index (χ0v) is 12.0. The molecular formula is C13H18N4O4. The molecule has 2 heterocycles. The number of aromatic carboxylic acids is 1. The first-order chi connectivity index (χ1) is 10.0. The van der Waals surface area contributed by atoms with Crippen molar-refractivity contribution in [2.75, 3.05) is 31.2 Å². The van der Waals surface area contributed by atoms with Crippen molar-refractivity contribution in [2.24, 2.45) is 0 Å². The predicted octanol–water partition coefficient (Wildman–Crippen LogP) is -0.175. The average molecular weight is 294 g/mol. The third-order valence-corrected chi connectivity index (χ3v) is 3.24. The number of carboxylic acid groups (broad SMARTS) is 1. The van der Waals surface area contributed by atoms with Crippen molar-refractivity contribution in [3.8, 4) is 0 Å². The van der Waals surface area contributed by atoms with Gasteiger partial charge in [-0.05, 0) is 13.8 Å². The molecular weight excluding hydrogens is 276 g/mol. The Morgan fingerprint density at radius 2 is 2.33 bits per heavy atom. The molecule has 2 N–H and O–H groups in total. The number of rotatable bonds is 4. The van der Waals surface area contributed by atoms with E-state index in [9.17, 15) is 9.59 Å². The van der Waals surface area contributed by atoms with Gasteiger partial charge in [0.25, 0.3) is 0 Å². The van der Waals surface area contributed by atoms with Crippen LogP contribution in [-0.2, 0) is 9.53 Å². The summed E-state index contributed by atoms with van der Waals surface area (Å²) in [6, 6.07) is -0.506. The van der Waals surface area contributed by atoms with Gasteiger partial charge in [0.15, 0.2) is 0 Å². The molecule has 1 unspecified atom stereocenters. The molecule has 1 fully saturated rings. The molecule has 0 bridgehead atoms. The van der Waals surface area contributed by atoms with E-state index in [2.05, 4.69) is 15.3 Å². The number of morpholine rings is 1. The third-order valence-electron chi connectivity index (χ3n) is 3.24. The van der Waals surface area contributed by atoms with Gasteiger partial charge in [0.2, 0.25) is 11.9 Å². The number of carboxylic acids is 1. The molecule has 1 aliphatic rings. The number of aryl methyl sites for hydroxylation is 1. The SMILES string of the molecule is CCNC(=O)C1COCCN1c1ncc(C(=O)O)c(C)n1. The molecule has 1 aliphatic heterocycles. The summed E-state index contributed by atoms with van der Waals surface area (Å²) in [5.74, 6) is -0.876. The summed E-state index contributed by atoms with van der Waals surface area (Å²) in [5, 5.41) is 11.7. The summed E-state index contributed by atoms with van der Waals surface area (Å²) >= 11 is 0. The van der Waals surface area contributed by atoms with Crippen LogP contribution in [0.25, 0.3) is 0 Å². The maximum Gasteiger partial charge on any atom is 0.339 e. The van der Waals surface area contributed by atoms with E-state index in [1.807, 2.05) is 6.92 Å². The molecule has 114 valence electrons. The van der Waals surface area contributed by atoms with Crippen molar-refractivity contribution in [2.45, 2.75) is 19.9 Å². The van der Waals surface area contributed by atoms with Gasteiger partial charge in [0, 0.05) is 19.3 Å². The van der Waals surface area contributed by atoms with Crippen molar-refractivity contribution in [3.63, 3.8) is 0 Å². The van der Waals surface area contributed by atoms with Crippen LogP contribution in [0.4, 0.5) is 5.95 Å². The largest absolute Gasteiger partial charge is 0.478 e.